The first-order valence-electron chi connectivity index (χ1n) is 14.3. The van der Waals surface area contributed by atoms with Crippen LogP contribution in [0.5, 0.6) is 0 Å². The molecule has 39 heavy (non-hydrogen) atoms. The van der Waals surface area contributed by atoms with E-state index in [1.54, 1.807) is 0 Å². The SMILES string of the molecule is CC(C)(CCC(C)(C)C(=O)COCCOCCOC(C)(C)C)NCCOCCOCCOCC(=O)C(C)(C)C. The molecule has 0 aliphatic carbocycles. The predicted octanol–water partition coefficient (Wildman–Crippen LogP) is 4.24. The van der Waals surface area contributed by atoms with E-state index >= 15 is 0 Å². The van der Waals surface area contributed by atoms with Gasteiger partial charge in [-0.1, -0.05) is 34.6 Å². The molecule has 0 aromatic carbocycles. The van der Waals surface area contributed by atoms with Crippen LogP contribution in [0, 0.1) is 10.8 Å². The number of rotatable bonds is 24. The van der Waals surface area contributed by atoms with E-state index in [1.807, 2.05) is 55.4 Å². The molecule has 0 saturated carbocycles. The maximum atomic E-state index is 12.7. The lowest BCUT2D eigenvalue weighted by atomic mass is 9.80. The molecule has 1 N–H and O–H groups in total. The minimum Gasteiger partial charge on any atom is -0.378 e. The molecule has 0 heterocycles. The largest absolute Gasteiger partial charge is 0.378 e. The van der Waals surface area contributed by atoms with Crippen LogP contribution in [0.1, 0.15) is 82.1 Å². The van der Waals surface area contributed by atoms with Crippen LogP contribution >= 0.6 is 0 Å². The van der Waals surface area contributed by atoms with Crippen molar-refractivity contribution >= 4 is 11.6 Å². The summed E-state index contributed by atoms with van der Waals surface area (Å²) in [5.41, 5.74) is -1.13. The summed E-state index contributed by atoms with van der Waals surface area (Å²) < 4.78 is 33.1. The fourth-order valence-electron chi connectivity index (χ4n) is 3.12. The molecule has 0 atom stereocenters. The maximum Gasteiger partial charge on any atom is 0.164 e. The maximum absolute atomic E-state index is 12.7. The normalized spacial score (nSPS) is 13.2. The second kappa shape index (κ2) is 19.2. The van der Waals surface area contributed by atoms with Gasteiger partial charge in [-0.2, -0.15) is 0 Å². The fourth-order valence-corrected chi connectivity index (χ4v) is 3.12. The molecule has 0 radical (unpaired) electrons. The third kappa shape index (κ3) is 22.4. The lowest BCUT2D eigenvalue weighted by Gasteiger charge is -2.31. The lowest BCUT2D eigenvalue weighted by molar-refractivity contribution is -0.133. The molecular weight excluding hydrogens is 502 g/mol. The molecule has 0 aromatic rings. The van der Waals surface area contributed by atoms with Gasteiger partial charge in [0, 0.05) is 22.9 Å². The van der Waals surface area contributed by atoms with Gasteiger partial charge in [0.05, 0.1) is 65.1 Å². The van der Waals surface area contributed by atoms with E-state index in [0.717, 1.165) is 12.8 Å². The van der Waals surface area contributed by atoms with Gasteiger partial charge in [-0.25, -0.2) is 0 Å². The molecule has 232 valence electrons. The number of carbonyl (C=O) groups is 2. The molecule has 0 aliphatic rings. The van der Waals surface area contributed by atoms with Crippen molar-refractivity contribution in [2.75, 3.05) is 79.2 Å². The van der Waals surface area contributed by atoms with E-state index in [-0.39, 0.29) is 41.3 Å². The van der Waals surface area contributed by atoms with Gasteiger partial charge < -0.3 is 33.7 Å². The van der Waals surface area contributed by atoms with E-state index in [0.29, 0.717) is 66.0 Å². The summed E-state index contributed by atoms with van der Waals surface area (Å²) in [6, 6.07) is 0. The van der Waals surface area contributed by atoms with Crippen molar-refractivity contribution in [2.24, 2.45) is 10.8 Å². The van der Waals surface area contributed by atoms with Crippen LogP contribution in [0.4, 0.5) is 0 Å². The molecule has 0 fully saturated rings. The van der Waals surface area contributed by atoms with Gasteiger partial charge >= 0.3 is 0 Å². The molecule has 0 aliphatic heterocycles. The van der Waals surface area contributed by atoms with Gasteiger partial charge in [0.25, 0.3) is 0 Å². The van der Waals surface area contributed by atoms with Crippen molar-refractivity contribution in [1.29, 1.82) is 0 Å². The summed E-state index contributed by atoms with van der Waals surface area (Å²) in [4.78, 5) is 24.5. The minimum atomic E-state index is -0.460. The Kier molecular flexibility index (Phi) is 18.8. The molecule has 0 spiro atoms. The number of hydrogen-bond donors (Lipinski definition) is 1. The van der Waals surface area contributed by atoms with Crippen molar-refractivity contribution < 1.29 is 38.0 Å². The van der Waals surface area contributed by atoms with Crippen molar-refractivity contribution in [3.05, 3.63) is 0 Å². The Hall–Kier alpha value is -0.940. The first-order valence-corrected chi connectivity index (χ1v) is 14.3. The summed E-state index contributed by atoms with van der Waals surface area (Å²) >= 11 is 0. The Morgan fingerprint density at radius 1 is 0.538 bits per heavy atom. The molecule has 9 nitrogen and oxygen atoms in total. The second-order valence-corrected chi connectivity index (χ2v) is 13.2. The fraction of sp³-hybridized carbons (Fsp3) is 0.933. The number of ketones is 2. The number of hydrogen-bond acceptors (Lipinski definition) is 9. The Bertz CT molecular complexity index is 665. The molecule has 0 amide bonds. The topological polar surface area (TPSA) is 102 Å². The summed E-state index contributed by atoms with van der Waals surface area (Å²) in [6.45, 7) is 25.1. The van der Waals surface area contributed by atoms with Gasteiger partial charge in [0.1, 0.15) is 13.2 Å². The van der Waals surface area contributed by atoms with Gasteiger partial charge in [-0.15, -0.1) is 0 Å². The van der Waals surface area contributed by atoms with Gasteiger partial charge in [-0.3, -0.25) is 9.59 Å². The zero-order valence-electron chi connectivity index (χ0n) is 26.7. The highest BCUT2D eigenvalue weighted by Gasteiger charge is 2.30. The van der Waals surface area contributed by atoms with E-state index in [2.05, 4.69) is 19.2 Å². The number of nitrogens with one attached hydrogen (secondary N) is 1. The van der Waals surface area contributed by atoms with Crippen LogP contribution < -0.4 is 5.32 Å². The van der Waals surface area contributed by atoms with Crippen molar-refractivity contribution in [1.82, 2.24) is 5.32 Å². The van der Waals surface area contributed by atoms with Crippen molar-refractivity contribution in [3.8, 4) is 0 Å². The highest BCUT2D eigenvalue weighted by atomic mass is 16.6. The Morgan fingerprint density at radius 2 is 0.974 bits per heavy atom. The molecule has 0 unspecified atom stereocenters. The molecular formula is C30H59NO8. The third-order valence-electron chi connectivity index (χ3n) is 6.16. The Labute approximate surface area is 238 Å². The average molecular weight is 562 g/mol. The van der Waals surface area contributed by atoms with Gasteiger partial charge in [0.2, 0.25) is 0 Å². The summed E-state index contributed by atoms with van der Waals surface area (Å²) in [5, 5.41) is 3.51. The van der Waals surface area contributed by atoms with Crippen LogP contribution in [0.3, 0.4) is 0 Å². The highest BCUT2D eigenvalue weighted by molar-refractivity contribution is 5.85. The Morgan fingerprint density at radius 3 is 1.46 bits per heavy atom. The van der Waals surface area contributed by atoms with Crippen LogP contribution in [-0.4, -0.2) is 102 Å². The summed E-state index contributed by atoms with van der Waals surface area (Å²) in [5.74, 6) is 0.185. The van der Waals surface area contributed by atoms with Crippen molar-refractivity contribution in [2.45, 2.75) is 93.2 Å². The van der Waals surface area contributed by atoms with E-state index in [4.69, 9.17) is 28.4 Å². The highest BCUT2D eigenvalue weighted by Crippen LogP contribution is 2.27. The van der Waals surface area contributed by atoms with Crippen LogP contribution in [0.2, 0.25) is 0 Å². The first kappa shape index (κ1) is 38.1. The van der Waals surface area contributed by atoms with Crippen LogP contribution in [0.25, 0.3) is 0 Å². The van der Waals surface area contributed by atoms with Crippen LogP contribution in [0.15, 0.2) is 0 Å². The quantitative estimate of drug-likeness (QED) is 0.173. The van der Waals surface area contributed by atoms with E-state index in [9.17, 15) is 9.59 Å². The van der Waals surface area contributed by atoms with E-state index < -0.39 is 5.41 Å². The first-order chi connectivity index (χ1) is 18.0. The smallest absolute Gasteiger partial charge is 0.164 e. The monoisotopic (exact) mass is 561 g/mol. The summed E-state index contributed by atoms with van der Waals surface area (Å²) in [6.07, 6.45) is 1.61. The predicted molar refractivity (Wildman–Crippen MR) is 154 cm³/mol. The Balaban J connectivity index is 3.83. The average Bonchev–Trinajstić information content (AvgIpc) is 2.81. The molecule has 0 aromatic heterocycles. The molecule has 9 heteroatoms. The standard InChI is InChI=1S/C30H59NO8/c1-27(2,3)25(32)23-37-19-17-35-16-15-34-14-13-31-30(9,10)12-11-29(7,8)26(33)24-38-20-18-36-21-22-39-28(4,5)6/h31H,11-24H2,1-10H3. The van der Waals surface area contributed by atoms with Crippen LogP contribution in [-0.2, 0) is 38.0 Å². The number of ether oxygens (including phenoxy) is 6. The zero-order valence-corrected chi connectivity index (χ0v) is 26.7. The van der Waals surface area contributed by atoms with Gasteiger partial charge in [0.15, 0.2) is 11.6 Å². The zero-order chi connectivity index (χ0) is 30.0. The molecule has 0 saturated heterocycles. The molecule has 0 bridgehead atoms. The second-order valence-electron chi connectivity index (χ2n) is 13.2. The lowest BCUT2D eigenvalue weighted by Crippen LogP contribution is -2.42. The molecule has 0 rings (SSSR count). The van der Waals surface area contributed by atoms with Crippen molar-refractivity contribution in [3.63, 3.8) is 0 Å². The number of carbonyl (C=O) groups excluding carboxylic acids is 2. The van der Waals surface area contributed by atoms with Gasteiger partial charge in [-0.05, 0) is 47.5 Å². The minimum absolute atomic E-state index is 0.0840. The van der Waals surface area contributed by atoms with E-state index in [1.165, 1.54) is 0 Å². The number of Topliss-reactive ketones (excluding diaryl/α,β-unsaturated/α-hetero) is 2. The summed E-state index contributed by atoms with van der Waals surface area (Å²) in [7, 11) is 0. The third-order valence-corrected chi connectivity index (χ3v) is 6.16.